The Balaban J connectivity index is 2.11. The molecule has 0 saturated heterocycles. The summed E-state index contributed by atoms with van der Waals surface area (Å²) in [6, 6.07) is 9.00. The first kappa shape index (κ1) is 16.0. The molecule has 3 nitrogen and oxygen atoms in total. The Hall–Kier alpha value is -1.35. The van der Waals surface area contributed by atoms with Gasteiger partial charge in [0.2, 0.25) is 0 Å². The molecule has 1 N–H and O–H groups in total. The van der Waals surface area contributed by atoms with Crippen LogP contribution in [0.5, 0.6) is 0 Å². The minimum absolute atomic E-state index is 0.555. The fourth-order valence-electron chi connectivity index (χ4n) is 2.75. The van der Waals surface area contributed by atoms with Gasteiger partial charge in [0.05, 0.1) is 11.0 Å². The number of rotatable bonds is 7. The second-order valence-corrected chi connectivity index (χ2v) is 6.48. The van der Waals surface area contributed by atoms with Gasteiger partial charge in [-0.25, -0.2) is 4.98 Å². The van der Waals surface area contributed by atoms with Crippen LogP contribution >= 0.6 is 0 Å². The lowest BCUT2D eigenvalue weighted by Gasteiger charge is -2.21. The Bertz CT molecular complexity index is 571. The zero-order valence-corrected chi connectivity index (χ0v) is 14.1. The molecule has 0 saturated carbocycles. The van der Waals surface area contributed by atoms with Crippen molar-refractivity contribution in [2.24, 2.45) is 11.8 Å². The number of hydrogen-bond acceptors (Lipinski definition) is 2. The SMILES string of the molecule is CCn1c(CC(C)C(C)CNC(C)C)nc2ccccc21. The van der Waals surface area contributed by atoms with E-state index in [1.54, 1.807) is 0 Å². The molecule has 2 aromatic rings. The van der Waals surface area contributed by atoms with Crippen LogP contribution in [-0.2, 0) is 13.0 Å². The van der Waals surface area contributed by atoms with Crippen molar-refractivity contribution in [3.63, 3.8) is 0 Å². The third kappa shape index (κ3) is 3.85. The van der Waals surface area contributed by atoms with Crippen molar-refractivity contribution >= 4 is 11.0 Å². The van der Waals surface area contributed by atoms with Gasteiger partial charge in [0.15, 0.2) is 0 Å². The lowest BCUT2D eigenvalue weighted by Crippen LogP contribution is -2.31. The summed E-state index contributed by atoms with van der Waals surface area (Å²) >= 11 is 0. The number of nitrogens with one attached hydrogen (secondary N) is 1. The van der Waals surface area contributed by atoms with Crippen LogP contribution in [0.15, 0.2) is 24.3 Å². The maximum absolute atomic E-state index is 4.84. The molecule has 0 aliphatic rings. The lowest BCUT2D eigenvalue weighted by molar-refractivity contribution is 0.347. The molecule has 0 aliphatic carbocycles. The van der Waals surface area contributed by atoms with Gasteiger partial charge in [0.25, 0.3) is 0 Å². The van der Waals surface area contributed by atoms with Gasteiger partial charge in [-0.05, 0) is 37.4 Å². The topological polar surface area (TPSA) is 29.9 Å². The summed E-state index contributed by atoms with van der Waals surface area (Å²) in [7, 11) is 0. The summed E-state index contributed by atoms with van der Waals surface area (Å²) in [5, 5.41) is 3.54. The van der Waals surface area contributed by atoms with Crippen LogP contribution in [0.3, 0.4) is 0 Å². The van der Waals surface area contributed by atoms with E-state index in [-0.39, 0.29) is 0 Å². The van der Waals surface area contributed by atoms with Crippen molar-refractivity contribution in [1.82, 2.24) is 14.9 Å². The molecule has 0 bridgehead atoms. The van der Waals surface area contributed by atoms with Crippen molar-refractivity contribution in [2.75, 3.05) is 6.54 Å². The molecule has 0 spiro atoms. The van der Waals surface area contributed by atoms with Crippen LogP contribution < -0.4 is 5.32 Å². The smallest absolute Gasteiger partial charge is 0.110 e. The first-order valence-electron chi connectivity index (χ1n) is 8.20. The van der Waals surface area contributed by atoms with Gasteiger partial charge in [-0.1, -0.05) is 39.8 Å². The molecule has 0 fully saturated rings. The molecular weight excluding hydrogens is 258 g/mol. The number of aromatic nitrogens is 2. The molecule has 2 unspecified atom stereocenters. The Morgan fingerprint density at radius 3 is 2.48 bits per heavy atom. The first-order valence-corrected chi connectivity index (χ1v) is 8.20. The standard InChI is InChI=1S/C18H29N3/c1-6-21-17-10-8-7-9-16(17)20-18(21)11-14(4)15(5)12-19-13(2)3/h7-10,13-15,19H,6,11-12H2,1-5H3. The number of imidazole rings is 1. The summed E-state index contributed by atoms with van der Waals surface area (Å²) in [4.78, 5) is 4.84. The third-order valence-electron chi connectivity index (χ3n) is 4.37. The highest BCUT2D eigenvalue weighted by Crippen LogP contribution is 2.21. The molecule has 0 aliphatic heterocycles. The van der Waals surface area contributed by atoms with Crippen molar-refractivity contribution in [2.45, 2.75) is 53.6 Å². The molecule has 3 heteroatoms. The molecule has 1 aromatic carbocycles. The van der Waals surface area contributed by atoms with Crippen LogP contribution in [0.25, 0.3) is 11.0 Å². The van der Waals surface area contributed by atoms with Gasteiger partial charge in [-0.3, -0.25) is 0 Å². The maximum atomic E-state index is 4.84. The van der Waals surface area contributed by atoms with Crippen molar-refractivity contribution in [3.8, 4) is 0 Å². The van der Waals surface area contributed by atoms with Crippen molar-refractivity contribution < 1.29 is 0 Å². The monoisotopic (exact) mass is 287 g/mol. The summed E-state index contributed by atoms with van der Waals surface area (Å²) in [5.41, 5.74) is 2.38. The van der Waals surface area contributed by atoms with E-state index in [9.17, 15) is 0 Å². The normalized spacial score (nSPS) is 14.8. The maximum Gasteiger partial charge on any atom is 0.110 e. The largest absolute Gasteiger partial charge is 0.328 e. The Morgan fingerprint density at radius 1 is 1.10 bits per heavy atom. The van der Waals surface area contributed by atoms with E-state index in [2.05, 4.69) is 68.8 Å². The molecule has 21 heavy (non-hydrogen) atoms. The molecule has 1 heterocycles. The van der Waals surface area contributed by atoms with Crippen LogP contribution in [0.4, 0.5) is 0 Å². The number of aryl methyl sites for hydroxylation is 1. The Morgan fingerprint density at radius 2 is 1.81 bits per heavy atom. The van der Waals surface area contributed by atoms with E-state index < -0.39 is 0 Å². The summed E-state index contributed by atoms with van der Waals surface area (Å²) in [5.74, 6) is 2.50. The second kappa shape index (κ2) is 7.08. The van der Waals surface area contributed by atoms with Gasteiger partial charge in [-0.15, -0.1) is 0 Å². The zero-order chi connectivity index (χ0) is 15.4. The predicted octanol–water partition coefficient (Wildman–Crippen LogP) is 3.87. The van der Waals surface area contributed by atoms with E-state index >= 15 is 0 Å². The van der Waals surface area contributed by atoms with E-state index in [0.29, 0.717) is 17.9 Å². The van der Waals surface area contributed by atoms with Gasteiger partial charge in [0, 0.05) is 19.0 Å². The van der Waals surface area contributed by atoms with Crippen molar-refractivity contribution in [3.05, 3.63) is 30.1 Å². The van der Waals surface area contributed by atoms with E-state index in [0.717, 1.165) is 25.0 Å². The Kier molecular flexibility index (Phi) is 5.40. The molecular formula is C18H29N3. The lowest BCUT2D eigenvalue weighted by atomic mass is 9.92. The van der Waals surface area contributed by atoms with Crippen LogP contribution in [0, 0.1) is 11.8 Å². The van der Waals surface area contributed by atoms with Crippen LogP contribution in [-0.4, -0.2) is 22.1 Å². The molecule has 116 valence electrons. The average molecular weight is 287 g/mol. The summed E-state index contributed by atoms with van der Waals surface area (Å²) in [6.07, 6.45) is 1.05. The quantitative estimate of drug-likeness (QED) is 0.838. The van der Waals surface area contributed by atoms with Crippen molar-refractivity contribution in [1.29, 1.82) is 0 Å². The zero-order valence-electron chi connectivity index (χ0n) is 14.1. The first-order chi connectivity index (χ1) is 10.0. The highest BCUT2D eigenvalue weighted by Gasteiger charge is 2.17. The molecule has 0 radical (unpaired) electrons. The summed E-state index contributed by atoms with van der Waals surface area (Å²) in [6.45, 7) is 13.3. The fraction of sp³-hybridized carbons (Fsp3) is 0.611. The minimum Gasteiger partial charge on any atom is -0.328 e. The van der Waals surface area contributed by atoms with E-state index in [4.69, 9.17) is 4.98 Å². The molecule has 1 aromatic heterocycles. The number of nitrogens with zero attached hydrogens (tertiary/aromatic N) is 2. The third-order valence-corrected chi connectivity index (χ3v) is 4.37. The predicted molar refractivity (Wildman–Crippen MR) is 90.6 cm³/mol. The highest BCUT2D eigenvalue weighted by molar-refractivity contribution is 5.75. The van der Waals surface area contributed by atoms with E-state index in [1.165, 1.54) is 11.3 Å². The van der Waals surface area contributed by atoms with Crippen LogP contribution in [0.2, 0.25) is 0 Å². The van der Waals surface area contributed by atoms with Crippen LogP contribution in [0.1, 0.15) is 40.4 Å². The fourth-order valence-corrected chi connectivity index (χ4v) is 2.75. The van der Waals surface area contributed by atoms with E-state index in [1.807, 2.05) is 0 Å². The highest BCUT2D eigenvalue weighted by atomic mass is 15.1. The molecule has 2 rings (SSSR count). The minimum atomic E-state index is 0.555. The van der Waals surface area contributed by atoms with Gasteiger partial charge >= 0.3 is 0 Å². The number of benzene rings is 1. The van der Waals surface area contributed by atoms with Gasteiger partial charge < -0.3 is 9.88 Å². The number of para-hydroxylation sites is 2. The average Bonchev–Trinajstić information content (AvgIpc) is 2.81. The summed E-state index contributed by atoms with van der Waals surface area (Å²) < 4.78 is 2.36. The second-order valence-electron chi connectivity index (χ2n) is 6.48. The van der Waals surface area contributed by atoms with Gasteiger partial charge in [0.1, 0.15) is 5.82 Å². The molecule has 2 atom stereocenters. The Labute approximate surface area is 128 Å². The van der Waals surface area contributed by atoms with Gasteiger partial charge in [-0.2, -0.15) is 0 Å². The number of hydrogen-bond donors (Lipinski definition) is 1. The molecule has 0 amide bonds. The number of fused-ring (bicyclic) bond motifs is 1.